The van der Waals surface area contributed by atoms with Gasteiger partial charge in [0, 0.05) is 36.7 Å². The fraction of sp³-hybridized carbons (Fsp3) is 0.389. The second kappa shape index (κ2) is 9.44. The van der Waals surface area contributed by atoms with Crippen molar-refractivity contribution in [3.8, 4) is 0 Å². The Balaban J connectivity index is 1.56. The molecule has 2 heterocycles. The van der Waals surface area contributed by atoms with E-state index in [1.54, 1.807) is 4.90 Å². The third kappa shape index (κ3) is 5.58. The quantitative estimate of drug-likeness (QED) is 0.534. The summed E-state index contributed by atoms with van der Waals surface area (Å²) in [4.78, 5) is 28.8. The molecule has 0 saturated carbocycles. The van der Waals surface area contributed by atoms with E-state index in [1.165, 1.54) is 34.5 Å². The summed E-state index contributed by atoms with van der Waals surface area (Å²) in [6.07, 6.45) is -3.51. The first-order chi connectivity index (χ1) is 14.1. The lowest BCUT2D eigenvalue weighted by Gasteiger charge is -2.25. The second-order valence-corrected chi connectivity index (χ2v) is 9.11. The van der Waals surface area contributed by atoms with Gasteiger partial charge in [0.1, 0.15) is 0 Å². The molecule has 0 radical (unpaired) electrons. The molecule has 1 amide bonds. The van der Waals surface area contributed by atoms with Crippen LogP contribution in [0.15, 0.2) is 27.9 Å². The fourth-order valence-corrected chi connectivity index (χ4v) is 5.02. The molecule has 0 spiro atoms. The number of nitrogens with one attached hydrogen (secondary N) is 1. The van der Waals surface area contributed by atoms with Crippen molar-refractivity contribution in [1.82, 2.24) is 9.88 Å². The molecule has 1 atom stereocenters. The normalized spacial score (nSPS) is 16.9. The average molecular weight is 480 g/mol. The number of amides is 1. The lowest BCUT2D eigenvalue weighted by molar-refractivity contribution is -0.137. The average Bonchev–Trinajstić information content (AvgIpc) is 3.28. The van der Waals surface area contributed by atoms with Gasteiger partial charge in [-0.1, -0.05) is 23.4 Å². The van der Waals surface area contributed by atoms with E-state index < -0.39 is 17.7 Å². The Morgan fingerprint density at radius 2 is 2.20 bits per heavy atom. The SMILES string of the molecule is O=C(O)c1csc(SCCN2C(=O)CC[C@@H]2CNc2cc(C(F)(F)F)ccc2Cl)n1. The van der Waals surface area contributed by atoms with E-state index in [-0.39, 0.29) is 34.9 Å². The van der Waals surface area contributed by atoms with Crippen LogP contribution in [-0.4, -0.2) is 51.8 Å². The molecule has 0 unspecified atom stereocenters. The lowest BCUT2D eigenvalue weighted by atomic mass is 10.1. The molecule has 6 nitrogen and oxygen atoms in total. The minimum Gasteiger partial charge on any atom is -0.476 e. The van der Waals surface area contributed by atoms with E-state index in [0.717, 1.165) is 12.1 Å². The number of alkyl halides is 3. The van der Waals surface area contributed by atoms with E-state index in [2.05, 4.69) is 10.3 Å². The van der Waals surface area contributed by atoms with Gasteiger partial charge in [-0.25, -0.2) is 9.78 Å². The van der Waals surface area contributed by atoms with E-state index in [1.807, 2.05) is 0 Å². The zero-order valence-electron chi connectivity index (χ0n) is 15.4. The van der Waals surface area contributed by atoms with E-state index in [0.29, 0.717) is 29.5 Å². The topological polar surface area (TPSA) is 82.5 Å². The number of halogens is 4. The number of rotatable bonds is 8. The van der Waals surface area contributed by atoms with Gasteiger partial charge in [-0.15, -0.1) is 11.3 Å². The Kier molecular flexibility index (Phi) is 7.14. The Labute approximate surface area is 183 Å². The summed E-state index contributed by atoms with van der Waals surface area (Å²) in [7, 11) is 0. The van der Waals surface area contributed by atoms with Gasteiger partial charge >= 0.3 is 12.1 Å². The van der Waals surface area contributed by atoms with Crippen LogP contribution in [0.2, 0.25) is 5.02 Å². The molecule has 1 saturated heterocycles. The highest BCUT2D eigenvalue weighted by atomic mass is 35.5. The van der Waals surface area contributed by atoms with Gasteiger partial charge in [-0.3, -0.25) is 4.79 Å². The van der Waals surface area contributed by atoms with Crippen LogP contribution in [0.1, 0.15) is 28.9 Å². The number of carboxylic acids is 1. The molecule has 1 fully saturated rings. The van der Waals surface area contributed by atoms with Crippen molar-refractivity contribution in [3.05, 3.63) is 39.9 Å². The van der Waals surface area contributed by atoms with Crippen molar-refractivity contribution in [3.63, 3.8) is 0 Å². The summed E-state index contributed by atoms with van der Waals surface area (Å²) in [5.41, 5.74) is -0.640. The minimum absolute atomic E-state index is 0.0141. The van der Waals surface area contributed by atoms with Gasteiger partial charge in [0.15, 0.2) is 10.0 Å². The molecule has 2 N–H and O–H groups in total. The zero-order chi connectivity index (χ0) is 21.9. The number of benzene rings is 1. The van der Waals surface area contributed by atoms with Crippen molar-refractivity contribution in [2.75, 3.05) is 24.2 Å². The first kappa shape index (κ1) is 22.7. The number of thiazole rings is 1. The second-order valence-electron chi connectivity index (χ2n) is 6.51. The summed E-state index contributed by atoms with van der Waals surface area (Å²) in [5.74, 6) is -0.589. The molecule has 1 aliphatic rings. The van der Waals surface area contributed by atoms with Crippen LogP contribution in [-0.2, 0) is 11.0 Å². The first-order valence-corrected chi connectivity index (χ1v) is 11.1. The Morgan fingerprint density at radius 1 is 1.43 bits per heavy atom. The summed E-state index contributed by atoms with van der Waals surface area (Å²) in [5, 5.41) is 13.5. The van der Waals surface area contributed by atoms with Crippen LogP contribution < -0.4 is 5.32 Å². The van der Waals surface area contributed by atoms with Crippen LogP contribution in [0.4, 0.5) is 18.9 Å². The smallest absolute Gasteiger partial charge is 0.416 e. The van der Waals surface area contributed by atoms with Crippen LogP contribution in [0, 0.1) is 0 Å². The number of likely N-dealkylation sites (tertiary alicyclic amines) is 1. The van der Waals surface area contributed by atoms with Gasteiger partial charge in [-0.05, 0) is 24.6 Å². The number of hydrogen-bond donors (Lipinski definition) is 2. The molecule has 162 valence electrons. The lowest BCUT2D eigenvalue weighted by Crippen LogP contribution is -2.39. The summed E-state index contributed by atoms with van der Waals surface area (Å²) in [6, 6.07) is 2.90. The highest BCUT2D eigenvalue weighted by Crippen LogP contribution is 2.34. The minimum atomic E-state index is -4.47. The third-order valence-electron chi connectivity index (χ3n) is 4.53. The number of anilines is 1. The zero-order valence-corrected chi connectivity index (χ0v) is 17.8. The van der Waals surface area contributed by atoms with E-state index in [9.17, 15) is 22.8 Å². The van der Waals surface area contributed by atoms with Gasteiger partial charge in [0.05, 0.1) is 16.3 Å². The molecule has 3 rings (SSSR count). The Bertz CT molecular complexity index is 939. The van der Waals surface area contributed by atoms with Crippen LogP contribution in [0.3, 0.4) is 0 Å². The van der Waals surface area contributed by atoms with Crippen LogP contribution >= 0.6 is 34.7 Å². The van der Waals surface area contributed by atoms with E-state index in [4.69, 9.17) is 16.7 Å². The number of carboxylic acid groups (broad SMARTS) is 1. The van der Waals surface area contributed by atoms with Crippen LogP contribution in [0.25, 0.3) is 0 Å². The van der Waals surface area contributed by atoms with Crippen molar-refractivity contribution in [1.29, 1.82) is 0 Å². The summed E-state index contributed by atoms with van der Waals surface area (Å²) < 4.78 is 39.4. The van der Waals surface area contributed by atoms with Crippen molar-refractivity contribution in [2.45, 2.75) is 29.4 Å². The van der Waals surface area contributed by atoms with Crippen molar-refractivity contribution in [2.24, 2.45) is 0 Å². The highest BCUT2D eigenvalue weighted by molar-refractivity contribution is 8.01. The number of thioether (sulfide) groups is 1. The van der Waals surface area contributed by atoms with E-state index >= 15 is 0 Å². The van der Waals surface area contributed by atoms with Gasteiger partial charge in [0.25, 0.3) is 0 Å². The first-order valence-electron chi connectivity index (χ1n) is 8.87. The number of aromatic nitrogens is 1. The number of aromatic carboxylic acids is 1. The summed E-state index contributed by atoms with van der Waals surface area (Å²) in [6.45, 7) is 0.700. The third-order valence-corrected chi connectivity index (χ3v) is 6.87. The van der Waals surface area contributed by atoms with Gasteiger partial charge in [0.2, 0.25) is 5.91 Å². The molecule has 2 aromatic rings. The van der Waals surface area contributed by atoms with Crippen LogP contribution in [0.5, 0.6) is 0 Å². The Hall–Kier alpha value is -1.98. The monoisotopic (exact) mass is 479 g/mol. The van der Waals surface area contributed by atoms with Gasteiger partial charge < -0.3 is 15.3 Å². The largest absolute Gasteiger partial charge is 0.476 e. The molecule has 30 heavy (non-hydrogen) atoms. The molecule has 12 heteroatoms. The van der Waals surface area contributed by atoms with Crippen molar-refractivity contribution < 1.29 is 27.9 Å². The molecular weight excluding hydrogens is 463 g/mol. The number of carbonyl (C=O) groups is 2. The molecule has 1 aliphatic heterocycles. The fourth-order valence-electron chi connectivity index (χ4n) is 3.03. The predicted octanol–water partition coefficient (Wildman–Crippen LogP) is 4.71. The molecule has 0 aliphatic carbocycles. The van der Waals surface area contributed by atoms with Gasteiger partial charge in [-0.2, -0.15) is 13.2 Å². The predicted molar refractivity (Wildman–Crippen MR) is 109 cm³/mol. The summed E-state index contributed by atoms with van der Waals surface area (Å²) >= 11 is 8.59. The maximum absolute atomic E-state index is 12.9. The Morgan fingerprint density at radius 3 is 2.87 bits per heavy atom. The maximum Gasteiger partial charge on any atom is 0.416 e. The molecule has 1 aromatic heterocycles. The highest BCUT2D eigenvalue weighted by Gasteiger charge is 2.32. The molecule has 0 bridgehead atoms. The number of nitrogens with zero attached hydrogens (tertiary/aromatic N) is 2. The maximum atomic E-state index is 12.9. The molecular formula is C18H17ClF3N3O3S2. The number of carbonyl (C=O) groups excluding carboxylic acids is 1. The van der Waals surface area contributed by atoms with Crippen molar-refractivity contribution >= 4 is 52.3 Å². The molecule has 1 aromatic carbocycles. The standard InChI is InChI=1S/C18H17ClF3N3O3S2/c19-12-3-1-10(18(20,21)22)7-13(12)23-8-11-2-4-15(26)25(11)5-6-29-17-24-14(9-30-17)16(27)28/h1,3,7,9,11,23H,2,4-6,8H2,(H,27,28)/t11-/m1/s1. The number of hydrogen-bond acceptors (Lipinski definition) is 6.